The van der Waals surface area contributed by atoms with Gasteiger partial charge in [0.2, 0.25) is 11.8 Å². The standard InChI is InChI=1S/C20H29N3O4/c1-5-22(6-2)20(27)17-10-15(21-18(25)12-24)11-23(17)19(26)16-8-7-13(3)9-14(16)4/h7-9,15,17,24H,5-6,10-12H2,1-4H3,(H,21,25)/t15-,17-/m0/s1. The fourth-order valence-electron chi connectivity index (χ4n) is 3.63. The number of aliphatic hydroxyl groups is 1. The quantitative estimate of drug-likeness (QED) is 0.772. The first-order valence-electron chi connectivity index (χ1n) is 9.39. The van der Waals surface area contributed by atoms with E-state index in [1.165, 1.54) is 0 Å². The Labute approximate surface area is 160 Å². The maximum atomic E-state index is 13.2. The van der Waals surface area contributed by atoms with E-state index in [1.54, 1.807) is 15.9 Å². The summed E-state index contributed by atoms with van der Waals surface area (Å²) in [7, 11) is 0. The minimum atomic E-state index is -0.623. The molecule has 2 atom stereocenters. The number of rotatable bonds is 6. The van der Waals surface area contributed by atoms with Crippen molar-refractivity contribution in [3.05, 3.63) is 34.9 Å². The Morgan fingerprint density at radius 2 is 1.89 bits per heavy atom. The second kappa shape index (κ2) is 8.99. The first-order chi connectivity index (χ1) is 12.8. The number of carbonyl (C=O) groups excluding carboxylic acids is 3. The average Bonchev–Trinajstić information content (AvgIpc) is 3.05. The maximum Gasteiger partial charge on any atom is 0.254 e. The zero-order chi connectivity index (χ0) is 20.1. The number of benzene rings is 1. The molecule has 1 saturated heterocycles. The molecule has 0 aromatic heterocycles. The molecule has 0 aliphatic carbocycles. The molecule has 1 aliphatic heterocycles. The molecular weight excluding hydrogens is 346 g/mol. The number of aryl methyl sites for hydroxylation is 2. The molecule has 0 radical (unpaired) electrons. The Hall–Kier alpha value is -2.41. The van der Waals surface area contributed by atoms with Crippen molar-refractivity contribution in [2.75, 3.05) is 26.2 Å². The van der Waals surface area contributed by atoms with Gasteiger partial charge < -0.3 is 20.2 Å². The van der Waals surface area contributed by atoms with E-state index in [-0.39, 0.29) is 24.4 Å². The van der Waals surface area contributed by atoms with Gasteiger partial charge in [-0.15, -0.1) is 0 Å². The van der Waals surface area contributed by atoms with Crippen LogP contribution in [0.4, 0.5) is 0 Å². The number of amides is 3. The fraction of sp³-hybridized carbons (Fsp3) is 0.550. The summed E-state index contributed by atoms with van der Waals surface area (Å²) < 4.78 is 0. The smallest absolute Gasteiger partial charge is 0.254 e. The van der Waals surface area contributed by atoms with Crippen LogP contribution in [0.2, 0.25) is 0 Å². The number of aliphatic hydroxyl groups excluding tert-OH is 1. The highest BCUT2D eigenvalue weighted by Crippen LogP contribution is 2.24. The molecule has 0 spiro atoms. The van der Waals surface area contributed by atoms with Gasteiger partial charge in [0.15, 0.2) is 0 Å². The summed E-state index contributed by atoms with van der Waals surface area (Å²) in [6.07, 6.45) is 0.345. The van der Waals surface area contributed by atoms with Crippen LogP contribution in [0.1, 0.15) is 41.8 Å². The van der Waals surface area contributed by atoms with Gasteiger partial charge in [-0.25, -0.2) is 0 Å². The van der Waals surface area contributed by atoms with Crippen LogP contribution in [0.15, 0.2) is 18.2 Å². The molecule has 1 aliphatic rings. The van der Waals surface area contributed by atoms with Crippen molar-refractivity contribution in [3.63, 3.8) is 0 Å². The van der Waals surface area contributed by atoms with Gasteiger partial charge in [-0.3, -0.25) is 14.4 Å². The number of carbonyl (C=O) groups is 3. The molecule has 1 heterocycles. The van der Waals surface area contributed by atoms with Gasteiger partial charge in [0.1, 0.15) is 12.6 Å². The summed E-state index contributed by atoms with van der Waals surface area (Å²) in [5.74, 6) is -0.826. The Balaban J connectivity index is 2.31. The molecule has 7 heteroatoms. The van der Waals surface area contributed by atoms with Crippen molar-refractivity contribution in [1.82, 2.24) is 15.1 Å². The number of likely N-dealkylation sites (tertiary alicyclic amines) is 1. The van der Waals surface area contributed by atoms with E-state index in [1.807, 2.05) is 39.8 Å². The number of likely N-dealkylation sites (N-methyl/N-ethyl adjacent to an activating group) is 1. The largest absolute Gasteiger partial charge is 0.387 e. The van der Waals surface area contributed by atoms with Crippen LogP contribution in [-0.2, 0) is 9.59 Å². The molecule has 1 aromatic rings. The minimum absolute atomic E-state index is 0.112. The Morgan fingerprint density at radius 1 is 1.22 bits per heavy atom. The summed E-state index contributed by atoms with van der Waals surface area (Å²) in [5.41, 5.74) is 2.48. The third kappa shape index (κ3) is 4.66. The van der Waals surface area contributed by atoms with E-state index < -0.39 is 18.6 Å². The third-order valence-electron chi connectivity index (χ3n) is 5.04. The zero-order valence-corrected chi connectivity index (χ0v) is 16.5. The number of hydrogen-bond acceptors (Lipinski definition) is 4. The molecular formula is C20H29N3O4. The van der Waals surface area contributed by atoms with Crippen LogP contribution in [0.3, 0.4) is 0 Å². The summed E-state index contributed by atoms with van der Waals surface area (Å²) in [4.78, 5) is 41.0. The molecule has 1 fully saturated rings. The highest BCUT2D eigenvalue weighted by molar-refractivity contribution is 5.99. The predicted molar refractivity (Wildman–Crippen MR) is 102 cm³/mol. The molecule has 3 amide bonds. The van der Waals surface area contributed by atoms with E-state index in [2.05, 4.69) is 5.32 Å². The fourth-order valence-corrected chi connectivity index (χ4v) is 3.63. The second-order valence-electron chi connectivity index (χ2n) is 6.96. The highest BCUT2D eigenvalue weighted by Gasteiger charge is 2.41. The first kappa shape index (κ1) is 20.9. The van der Waals surface area contributed by atoms with Crippen LogP contribution < -0.4 is 5.32 Å². The van der Waals surface area contributed by atoms with Gasteiger partial charge >= 0.3 is 0 Å². The lowest BCUT2D eigenvalue weighted by atomic mass is 10.0. The Bertz CT molecular complexity index is 715. The van der Waals surface area contributed by atoms with Gasteiger partial charge in [-0.05, 0) is 45.7 Å². The first-order valence-corrected chi connectivity index (χ1v) is 9.39. The molecule has 27 heavy (non-hydrogen) atoms. The van der Waals surface area contributed by atoms with Crippen LogP contribution in [0.25, 0.3) is 0 Å². The van der Waals surface area contributed by atoms with E-state index in [0.29, 0.717) is 25.1 Å². The van der Waals surface area contributed by atoms with Crippen molar-refractivity contribution in [3.8, 4) is 0 Å². The summed E-state index contributed by atoms with van der Waals surface area (Å²) >= 11 is 0. The molecule has 2 N–H and O–H groups in total. The Kier molecular flexibility index (Phi) is 6.96. The molecule has 2 rings (SSSR count). The van der Waals surface area contributed by atoms with Crippen LogP contribution in [0.5, 0.6) is 0 Å². The van der Waals surface area contributed by atoms with Gasteiger partial charge in [0, 0.05) is 31.2 Å². The minimum Gasteiger partial charge on any atom is -0.387 e. The molecule has 0 saturated carbocycles. The maximum absolute atomic E-state index is 13.2. The van der Waals surface area contributed by atoms with Crippen molar-refractivity contribution in [1.29, 1.82) is 0 Å². The number of hydrogen-bond donors (Lipinski definition) is 2. The molecule has 148 valence electrons. The van der Waals surface area contributed by atoms with Gasteiger partial charge in [-0.1, -0.05) is 17.7 Å². The lowest BCUT2D eigenvalue weighted by Gasteiger charge is -2.29. The van der Waals surface area contributed by atoms with E-state index in [4.69, 9.17) is 5.11 Å². The summed E-state index contributed by atoms with van der Waals surface area (Å²) in [5, 5.41) is 11.7. The van der Waals surface area contributed by atoms with Crippen molar-refractivity contribution in [2.45, 2.75) is 46.2 Å². The molecule has 1 aromatic carbocycles. The van der Waals surface area contributed by atoms with Gasteiger partial charge in [0.25, 0.3) is 5.91 Å². The number of nitrogens with zero attached hydrogens (tertiary/aromatic N) is 2. The monoisotopic (exact) mass is 375 g/mol. The molecule has 0 bridgehead atoms. The number of nitrogens with one attached hydrogen (secondary N) is 1. The van der Waals surface area contributed by atoms with E-state index in [0.717, 1.165) is 11.1 Å². The lowest BCUT2D eigenvalue weighted by Crippen LogP contribution is -2.47. The van der Waals surface area contributed by atoms with Crippen LogP contribution >= 0.6 is 0 Å². The Morgan fingerprint density at radius 3 is 2.44 bits per heavy atom. The van der Waals surface area contributed by atoms with Crippen LogP contribution in [-0.4, -0.2) is 71.0 Å². The molecule has 0 unspecified atom stereocenters. The van der Waals surface area contributed by atoms with Crippen molar-refractivity contribution < 1.29 is 19.5 Å². The zero-order valence-electron chi connectivity index (χ0n) is 16.5. The summed E-state index contributed by atoms with van der Waals surface area (Å²) in [6, 6.07) is 4.62. The predicted octanol–water partition coefficient (Wildman–Crippen LogP) is 0.863. The van der Waals surface area contributed by atoms with Crippen molar-refractivity contribution >= 4 is 17.7 Å². The average molecular weight is 375 g/mol. The topological polar surface area (TPSA) is 89.9 Å². The SMILES string of the molecule is CCN(CC)C(=O)[C@@H]1C[C@H](NC(=O)CO)CN1C(=O)c1ccc(C)cc1C. The van der Waals surface area contributed by atoms with Gasteiger partial charge in [-0.2, -0.15) is 0 Å². The van der Waals surface area contributed by atoms with Crippen LogP contribution in [0, 0.1) is 13.8 Å². The lowest BCUT2D eigenvalue weighted by molar-refractivity contribution is -0.135. The van der Waals surface area contributed by atoms with E-state index >= 15 is 0 Å². The van der Waals surface area contributed by atoms with Crippen molar-refractivity contribution in [2.24, 2.45) is 0 Å². The summed E-state index contributed by atoms with van der Waals surface area (Å²) in [6.45, 7) is 8.39. The second-order valence-corrected chi connectivity index (χ2v) is 6.96. The highest BCUT2D eigenvalue weighted by atomic mass is 16.3. The van der Waals surface area contributed by atoms with Gasteiger partial charge in [0.05, 0.1) is 0 Å². The third-order valence-corrected chi connectivity index (χ3v) is 5.04. The van der Waals surface area contributed by atoms with E-state index in [9.17, 15) is 14.4 Å². The normalized spacial score (nSPS) is 19.1. The molecule has 7 nitrogen and oxygen atoms in total.